The van der Waals surface area contributed by atoms with E-state index in [0.717, 1.165) is 5.56 Å². The van der Waals surface area contributed by atoms with Crippen molar-refractivity contribution in [2.45, 2.75) is 19.5 Å². The van der Waals surface area contributed by atoms with Crippen LogP contribution in [0.1, 0.15) is 12.5 Å². The van der Waals surface area contributed by atoms with Gasteiger partial charge in [0.1, 0.15) is 0 Å². The number of benzene rings is 1. The molecule has 0 aliphatic heterocycles. The Morgan fingerprint density at radius 2 is 2.09 bits per heavy atom. The van der Waals surface area contributed by atoms with E-state index in [1.807, 2.05) is 24.0 Å². The molecule has 5 nitrogen and oxygen atoms in total. The molecule has 0 fully saturated rings. The van der Waals surface area contributed by atoms with Gasteiger partial charge in [0, 0.05) is 36.2 Å². The van der Waals surface area contributed by atoms with Gasteiger partial charge in [-0.3, -0.25) is 14.7 Å². The number of nitrogens with one attached hydrogen (secondary N) is 1. The number of anilines is 1. The molecular weight excluding hydrogens is 314 g/mol. The van der Waals surface area contributed by atoms with Crippen LogP contribution in [0.3, 0.4) is 0 Å². The van der Waals surface area contributed by atoms with Gasteiger partial charge >= 0.3 is 0 Å². The minimum absolute atomic E-state index is 0.0151. The predicted molar refractivity (Wildman–Crippen MR) is 91.3 cm³/mol. The van der Waals surface area contributed by atoms with Crippen molar-refractivity contribution in [3.63, 3.8) is 0 Å². The zero-order chi connectivity index (χ0) is 16.7. The Bertz CT molecular complexity index is 619. The first-order valence-corrected chi connectivity index (χ1v) is 7.78. The number of aromatic nitrogens is 1. The van der Waals surface area contributed by atoms with Crippen LogP contribution in [0.2, 0.25) is 5.02 Å². The minimum atomic E-state index is -0.391. The highest BCUT2D eigenvalue weighted by atomic mass is 35.5. The number of aliphatic hydroxyl groups is 1. The lowest BCUT2D eigenvalue weighted by atomic mass is 10.2. The SMILES string of the molecule is CC(C(=O)Nc1ccc(Cl)cc1)N(CCO)Cc1cccnc1. The Morgan fingerprint density at radius 1 is 1.35 bits per heavy atom. The first-order chi connectivity index (χ1) is 11.1. The molecule has 0 aliphatic rings. The largest absolute Gasteiger partial charge is 0.395 e. The number of aliphatic hydroxyl groups excluding tert-OH is 1. The van der Waals surface area contributed by atoms with Crippen LogP contribution >= 0.6 is 11.6 Å². The molecule has 1 aromatic heterocycles. The minimum Gasteiger partial charge on any atom is -0.395 e. The Kier molecular flexibility index (Phi) is 6.52. The van der Waals surface area contributed by atoms with E-state index in [1.54, 1.807) is 36.7 Å². The van der Waals surface area contributed by atoms with Gasteiger partial charge in [-0.2, -0.15) is 0 Å². The van der Waals surface area contributed by atoms with Crippen molar-refractivity contribution < 1.29 is 9.90 Å². The van der Waals surface area contributed by atoms with E-state index in [0.29, 0.717) is 23.8 Å². The van der Waals surface area contributed by atoms with Crippen LogP contribution in [-0.2, 0) is 11.3 Å². The third-order valence-corrected chi connectivity index (χ3v) is 3.79. The molecule has 2 aromatic rings. The monoisotopic (exact) mass is 333 g/mol. The van der Waals surface area contributed by atoms with Crippen molar-refractivity contribution in [2.24, 2.45) is 0 Å². The van der Waals surface area contributed by atoms with Crippen LogP contribution in [0.15, 0.2) is 48.8 Å². The van der Waals surface area contributed by atoms with Crippen LogP contribution in [0.25, 0.3) is 0 Å². The molecule has 2 N–H and O–H groups in total. The van der Waals surface area contributed by atoms with E-state index in [-0.39, 0.29) is 12.5 Å². The first-order valence-electron chi connectivity index (χ1n) is 7.40. The average molecular weight is 334 g/mol. The molecule has 0 spiro atoms. The van der Waals surface area contributed by atoms with Gasteiger partial charge in [-0.05, 0) is 42.8 Å². The Balaban J connectivity index is 2.02. The molecule has 1 heterocycles. The van der Waals surface area contributed by atoms with Crippen LogP contribution in [0, 0.1) is 0 Å². The van der Waals surface area contributed by atoms with Crippen LogP contribution in [-0.4, -0.2) is 40.1 Å². The highest BCUT2D eigenvalue weighted by Gasteiger charge is 2.21. The van der Waals surface area contributed by atoms with Crippen molar-refractivity contribution in [1.82, 2.24) is 9.88 Å². The molecule has 0 radical (unpaired) electrons. The Morgan fingerprint density at radius 3 is 2.70 bits per heavy atom. The van der Waals surface area contributed by atoms with Gasteiger partial charge in [-0.25, -0.2) is 0 Å². The van der Waals surface area contributed by atoms with E-state index in [1.165, 1.54) is 0 Å². The summed E-state index contributed by atoms with van der Waals surface area (Å²) in [4.78, 5) is 18.4. The predicted octanol–water partition coefficient (Wildman–Crippen LogP) is 2.56. The fourth-order valence-corrected chi connectivity index (χ4v) is 2.34. The standard InChI is InChI=1S/C17H20ClN3O2/c1-13(17(23)20-16-6-4-15(18)5-7-16)21(9-10-22)12-14-3-2-8-19-11-14/h2-8,11,13,22H,9-10,12H2,1H3,(H,20,23). The number of rotatable bonds is 7. The summed E-state index contributed by atoms with van der Waals surface area (Å²) >= 11 is 5.84. The number of hydrogen-bond donors (Lipinski definition) is 2. The molecule has 23 heavy (non-hydrogen) atoms. The highest BCUT2D eigenvalue weighted by Crippen LogP contribution is 2.15. The van der Waals surface area contributed by atoms with Gasteiger partial charge in [-0.1, -0.05) is 17.7 Å². The molecule has 0 saturated heterocycles. The normalized spacial score (nSPS) is 12.2. The molecule has 1 aromatic carbocycles. The van der Waals surface area contributed by atoms with E-state index >= 15 is 0 Å². The third-order valence-electron chi connectivity index (χ3n) is 3.53. The highest BCUT2D eigenvalue weighted by molar-refractivity contribution is 6.30. The summed E-state index contributed by atoms with van der Waals surface area (Å²) in [5.74, 6) is -0.135. The molecule has 1 unspecified atom stereocenters. The number of halogens is 1. The molecule has 6 heteroatoms. The fraction of sp³-hybridized carbons (Fsp3) is 0.294. The van der Waals surface area contributed by atoms with Gasteiger partial charge in [0.25, 0.3) is 0 Å². The Labute approximate surface area is 140 Å². The number of carbonyl (C=O) groups excluding carboxylic acids is 1. The number of nitrogens with zero attached hydrogens (tertiary/aromatic N) is 2. The number of amides is 1. The van der Waals surface area contributed by atoms with Gasteiger partial charge in [-0.15, -0.1) is 0 Å². The summed E-state index contributed by atoms with van der Waals surface area (Å²) in [6.45, 7) is 2.75. The summed E-state index contributed by atoms with van der Waals surface area (Å²) in [6.07, 6.45) is 3.46. The summed E-state index contributed by atoms with van der Waals surface area (Å²) in [5.41, 5.74) is 1.68. The molecule has 0 saturated carbocycles. The van der Waals surface area contributed by atoms with Crippen LogP contribution in [0.4, 0.5) is 5.69 Å². The van der Waals surface area contributed by atoms with Crippen molar-refractivity contribution >= 4 is 23.2 Å². The Hall–Kier alpha value is -1.95. The molecule has 1 amide bonds. The first kappa shape index (κ1) is 17.4. The molecule has 0 aliphatic carbocycles. The third kappa shape index (κ3) is 5.32. The second kappa shape index (κ2) is 8.62. The second-order valence-corrected chi connectivity index (χ2v) is 5.66. The summed E-state index contributed by atoms with van der Waals surface area (Å²) < 4.78 is 0. The quantitative estimate of drug-likeness (QED) is 0.817. The maximum atomic E-state index is 12.4. The number of hydrogen-bond acceptors (Lipinski definition) is 4. The van der Waals surface area contributed by atoms with Crippen LogP contribution in [0.5, 0.6) is 0 Å². The lowest BCUT2D eigenvalue weighted by Crippen LogP contribution is -2.43. The summed E-state index contributed by atoms with van der Waals surface area (Å²) in [7, 11) is 0. The van der Waals surface area contributed by atoms with Crippen molar-refractivity contribution in [2.75, 3.05) is 18.5 Å². The molecule has 0 bridgehead atoms. The molecule has 122 valence electrons. The van der Waals surface area contributed by atoms with Gasteiger partial charge < -0.3 is 10.4 Å². The molecular formula is C17H20ClN3O2. The van der Waals surface area contributed by atoms with Gasteiger partial charge in [0.05, 0.1) is 12.6 Å². The maximum Gasteiger partial charge on any atom is 0.241 e. The summed E-state index contributed by atoms with van der Waals surface area (Å²) in [6, 6.07) is 10.4. The van der Waals surface area contributed by atoms with Crippen molar-refractivity contribution in [3.05, 3.63) is 59.4 Å². The topological polar surface area (TPSA) is 65.5 Å². The zero-order valence-electron chi connectivity index (χ0n) is 12.9. The molecule has 2 rings (SSSR count). The van der Waals surface area contributed by atoms with E-state index < -0.39 is 6.04 Å². The smallest absolute Gasteiger partial charge is 0.241 e. The summed E-state index contributed by atoms with van der Waals surface area (Å²) in [5, 5.41) is 12.7. The number of carbonyl (C=O) groups is 1. The van der Waals surface area contributed by atoms with Crippen molar-refractivity contribution in [3.8, 4) is 0 Å². The lowest BCUT2D eigenvalue weighted by Gasteiger charge is -2.27. The van der Waals surface area contributed by atoms with E-state index in [2.05, 4.69) is 10.3 Å². The van der Waals surface area contributed by atoms with Crippen molar-refractivity contribution in [1.29, 1.82) is 0 Å². The average Bonchev–Trinajstić information content (AvgIpc) is 2.57. The van der Waals surface area contributed by atoms with Gasteiger partial charge in [0.2, 0.25) is 5.91 Å². The van der Waals surface area contributed by atoms with Crippen LogP contribution < -0.4 is 5.32 Å². The maximum absolute atomic E-state index is 12.4. The van der Waals surface area contributed by atoms with Gasteiger partial charge in [0.15, 0.2) is 0 Å². The zero-order valence-corrected chi connectivity index (χ0v) is 13.7. The second-order valence-electron chi connectivity index (χ2n) is 5.23. The molecule has 1 atom stereocenters. The van der Waals surface area contributed by atoms with E-state index in [4.69, 9.17) is 11.6 Å². The fourth-order valence-electron chi connectivity index (χ4n) is 2.21. The lowest BCUT2D eigenvalue weighted by molar-refractivity contribution is -0.121. The number of pyridine rings is 1. The van der Waals surface area contributed by atoms with E-state index in [9.17, 15) is 9.90 Å².